The summed E-state index contributed by atoms with van der Waals surface area (Å²) >= 11 is 0. The van der Waals surface area contributed by atoms with Gasteiger partial charge in [0.2, 0.25) is 35.1 Å². The van der Waals surface area contributed by atoms with Crippen molar-refractivity contribution >= 4 is 79.2 Å². The van der Waals surface area contributed by atoms with Crippen LogP contribution in [-0.4, -0.2) is 155 Å². The Bertz CT molecular complexity index is 3810. The number of carbonyl (C=O) groups is 7. The number of hydrazine groups is 1. The van der Waals surface area contributed by atoms with Crippen molar-refractivity contribution in [3.8, 4) is 17.1 Å². The molecule has 5 amide bonds. The number of hydrogen-bond donors (Lipinski definition) is 8. The first-order chi connectivity index (χ1) is 41.9. The van der Waals surface area contributed by atoms with E-state index in [0.29, 0.717) is 35.5 Å². The number of phenols is 1. The van der Waals surface area contributed by atoms with Gasteiger partial charge in [-0.2, -0.15) is 8.42 Å². The quantitative estimate of drug-likeness (QED) is 0.0145. The Balaban J connectivity index is 0.754. The van der Waals surface area contributed by atoms with E-state index in [0.717, 1.165) is 27.6 Å². The molecular formula is C60H73N11O16S. The average molecular weight is 1240 g/mol. The van der Waals surface area contributed by atoms with Gasteiger partial charge in [0.05, 0.1) is 67.5 Å². The zero-order chi connectivity index (χ0) is 63.6. The smallest absolute Gasteiger partial charge is 0.355 e. The minimum atomic E-state index is -4.68. The lowest BCUT2D eigenvalue weighted by atomic mass is 9.85. The summed E-state index contributed by atoms with van der Waals surface area (Å²) in [5.41, 5.74) is 6.08. The van der Waals surface area contributed by atoms with Gasteiger partial charge >= 0.3 is 11.9 Å². The fourth-order valence-electron chi connectivity index (χ4n) is 10.6. The minimum Gasteiger partial charge on any atom is -0.508 e. The maximum absolute atomic E-state index is 14.2. The van der Waals surface area contributed by atoms with Gasteiger partial charge in [0.15, 0.2) is 0 Å². The van der Waals surface area contributed by atoms with Crippen LogP contribution in [0.15, 0.2) is 77.7 Å². The standard InChI is InChI=1S/C60H73N11O16S/c1-8-41-42-28-40(72)16-17-46(42)67-52-43(41)31-71-48(52)29-45-44(57(71)78)32-86-59(80)60(45,9-2)87-58(79)36-12-14-38(15-13-36)65-54(75)35(5)64-56(77)51(34(3)4)68-50(74)19-23-84-25-26-85-24-21-63-55(76)47(33-88(81,82)83)66-49(73)18-22-70-39(30-69(7)61-6)27-37-11-10-20-62-53(37)70/h10-17,20,27-29,34-35,47,51,61,72H,8-9,18-19,21-26,30-33H2,1-7H3,(H,63,76)(H,64,77)(H,65,75)(H,66,73)(H,68,74)(H,81,82,83)/t35-,47-,51-,60-/m0/s1. The van der Waals surface area contributed by atoms with Crippen molar-refractivity contribution in [2.75, 3.05) is 58.1 Å². The van der Waals surface area contributed by atoms with E-state index in [1.807, 2.05) is 35.7 Å². The van der Waals surface area contributed by atoms with Crippen LogP contribution in [0.4, 0.5) is 5.69 Å². The Labute approximate surface area is 506 Å². The molecule has 2 aliphatic rings. The molecule has 0 saturated carbocycles. The second kappa shape index (κ2) is 28.4. The van der Waals surface area contributed by atoms with Crippen molar-refractivity contribution in [3.05, 3.63) is 117 Å². The Kier molecular flexibility index (Phi) is 21.1. The number of benzene rings is 2. The summed E-state index contributed by atoms with van der Waals surface area (Å²) < 4.78 is 59.1. The van der Waals surface area contributed by atoms with Crippen molar-refractivity contribution < 1.29 is 70.6 Å². The molecule has 8 rings (SSSR count). The van der Waals surface area contributed by atoms with Crippen LogP contribution in [0.25, 0.3) is 33.3 Å². The second-order valence-electron chi connectivity index (χ2n) is 21.7. The van der Waals surface area contributed by atoms with Crippen LogP contribution in [0, 0.1) is 5.92 Å². The SMILES string of the molecule is CCc1c2c(nc3ccc(O)cc13)-c1cc3c(c(=O)n1C2)COC(=O)[C@@]3(CC)OC(=O)c1ccc(NC(=O)[C@H](C)NC(=O)[C@@H](NC(=O)CCOCCOCCNC(=O)[C@H](CS(=O)(=O)O)NC(=O)CCn2c(CN(C)NC)cc3cccnc32)C(C)C)cc1. The number of nitrogens with zero attached hydrogens (tertiary/aromatic N) is 5. The van der Waals surface area contributed by atoms with E-state index < -0.39 is 92.5 Å². The monoisotopic (exact) mass is 1240 g/mol. The van der Waals surface area contributed by atoms with Gasteiger partial charge < -0.3 is 59.8 Å². The molecule has 0 saturated heterocycles. The van der Waals surface area contributed by atoms with E-state index >= 15 is 0 Å². The fourth-order valence-corrected chi connectivity index (χ4v) is 11.2. The number of anilines is 1. The van der Waals surface area contributed by atoms with E-state index in [2.05, 4.69) is 37.0 Å². The van der Waals surface area contributed by atoms with E-state index in [1.54, 1.807) is 62.8 Å². The number of phenolic OH excluding ortho intramolecular Hbond substituents is 1. The molecular weight excluding hydrogens is 1160 g/mol. The van der Waals surface area contributed by atoms with Crippen molar-refractivity contribution in [1.29, 1.82) is 0 Å². The lowest BCUT2D eigenvalue weighted by Gasteiger charge is -2.35. The molecule has 2 aliphatic heterocycles. The average Bonchev–Trinajstić information content (AvgIpc) is 1.44. The summed E-state index contributed by atoms with van der Waals surface area (Å²) in [4.78, 5) is 117. The highest BCUT2D eigenvalue weighted by Crippen LogP contribution is 2.43. The maximum atomic E-state index is 14.2. The fraction of sp³-hybridized carbons (Fsp3) is 0.433. The van der Waals surface area contributed by atoms with Gasteiger partial charge in [-0.1, -0.05) is 27.7 Å². The predicted octanol–water partition coefficient (Wildman–Crippen LogP) is 2.71. The Morgan fingerprint density at radius 3 is 2.28 bits per heavy atom. The largest absolute Gasteiger partial charge is 0.508 e. The normalized spacial score (nSPS) is 15.4. The zero-order valence-corrected chi connectivity index (χ0v) is 50.7. The summed E-state index contributed by atoms with van der Waals surface area (Å²) in [6.07, 6.45) is 1.90. The number of fused-ring (bicyclic) bond motifs is 6. The van der Waals surface area contributed by atoms with E-state index in [1.165, 1.54) is 37.3 Å². The Morgan fingerprint density at radius 2 is 1.59 bits per heavy atom. The van der Waals surface area contributed by atoms with E-state index in [-0.39, 0.29) is 100 Å². The summed E-state index contributed by atoms with van der Waals surface area (Å²) in [5.74, 6) is -6.35. The number of nitrogens with one attached hydrogen (secondary N) is 6. The van der Waals surface area contributed by atoms with Crippen LogP contribution < -0.4 is 37.6 Å². The number of rotatable bonds is 29. The second-order valence-corrected chi connectivity index (χ2v) is 23.2. The number of pyridine rings is 3. The van der Waals surface area contributed by atoms with Crippen LogP contribution >= 0.6 is 0 Å². The molecule has 0 unspecified atom stereocenters. The van der Waals surface area contributed by atoms with Crippen LogP contribution in [0.1, 0.15) is 92.2 Å². The number of amides is 5. The molecule has 27 nitrogen and oxygen atoms in total. The molecule has 470 valence electrons. The van der Waals surface area contributed by atoms with E-state index in [4.69, 9.17) is 23.9 Å². The highest BCUT2D eigenvalue weighted by atomic mass is 32.2. The summed E-state index contributed by atoms with van der Waals surface area (Å²) in [5, 5.41) is 26.6. The maximum Gasteiger partial charge on any atom is 0.355 e. The summed E-state index contributed by atoms with van der Waals surface area (Å²) in [6.45, 7) is 8.98. The molecule has 0 bridgehead atoms. The van der Waals surface area contributed by atoms with Crippen LogP contribution in [-0.2, 0) is 96.1 Å². The Morgan fingerprint density at radius 1 is 0.864 bits per heavy atom. The lowest BCUT2D eigenvalue weighted by molar-refractivity contribution is -0.173. The molecule has 4 atom stereocenters. The number of aromatic hydroxyl groups is 1. The molecule has 0 radical (unpaired) electrons. The number of carbonyl (C=O) groups excluding carboxylic acids is 7. The van der Waals surface area contributed by atoms with Gasteiger partial charge in [0, 0.05) is 72.5 Å². The molecule has 88 heavy (non-hydrogen) atoms. The third-order valence-electron chi connectivity index (χ3n) is 15.3. The molecule has 0 spiro atoms. The third kappa shape index (κ3) is 15.2. The van der Waals surface area contributed by atoms with E-state index in [9.17, 15) is 56.4 Å². The van der Waals surface area contributed by atoms with Crippen molar-refractivity contribution in [3.63, 3.8) is 0 Å². The molecule has 28 heteroatoms. The van der Waals surface area contributed by atoms with Gasteiger partial charge in [-0.05, 0) is 105 Å². The number of hydrogen-bond acceptors (Lipinski definition) is 19. The molecule has 0 fully saturated rings. The highest BCUT2D eigenvalue weighted by molar-refractivity contribution is 7.85. The molecule has 6 aromatic rings. The third-order valence-corrected chi connectivity index (χ3v) is 16.0. The molecule has 6 heterocycles. The first kappa shape index (κ1) is 65.3. The number of ether oxygens (including phenoxy) is 4. The van der Waals surface area contributed by atoms with Crippen molar-refractivity contribution in [2.45, 2.75) is 110 Å². The van der Waals surface area contributed by atoms with Gasteiger partial charge in [-0.15, -0.1) is 0 Å². The number of esters is 2. The first-order valence-electron chi connectivity index (χ1n) is 28.8. The first-order valence-corrected chi connectivity index (χ1v) is 30.4. The van der Waals surface area contributed by atoms with Crippen LogP contribution in [0.3, 0.4) is 0 Å². The van der Waals surface area contributed by atoms with Crippen molar-refractivity contribution in [2.24, 2.45) is 5.92 Å². The van der Waals surface area contributed by atoms with Gasteiger partial charge in [-0.3, -0.25) is 38.7 Å². The van der Waals surface area contributed by atoms with Crippen LogP contribution in [0.2, 0.25) is 0 Å². The zero-order valence-electron chi connectivity index (χ0n) is 49.9. The number of aryl methyl sites for hydroxylation is 2. The summed E-state index contributed by atoms with van der Waals surface area (Å²) in [7, 11) is -1.06. The van der Waals surface area contributed by atoms with Gasteiger partial charge in [0.25, 0.3) is 15.7 Å². The Hall–Kier alpha value is -8.67. The molecule has 0 aliphatic carbocycles. The minimum absolute atomic E-state index is 0.0152. The lowest BCUT2D eigenvalue weighted by Crippen LogP contribution is -2.53. The summed E-state index contributed by atoms with van der Waals surface area (Å²) in [6, 6.07) is 14.1. The number of cyclic esters (lactones) is 1. The topological polar surface area (TPSA) is 359 Å². The molecule has 8 N–H and O–H groups in total. The number of aromatic nitrogens is 4. The molecule has 4 aromatic heterocycles. The van der Waals surface area contributed by atoms with Gasteiger partial charge in [-0.25, -0.2) is 24.6 Å². The van der Waals surface area contributed by atoms with Crippen molar-refractivity contribution in [1.82, 2.24) is 50.8 Å². The highest BCUT2D eigenvalue weighted by Gasteiger charge is 2.51. The molecule has 2 aromatic carbocycles. The van der Waals surface area contributed by atoms with Gasteiger partial charge in [0.1, 0.15) is 41.9 Å². The predicted molar refractivity (Wildman–Crippen MR) is 321 cm³/mol. The van der Waals surface area contributed by atoms with Crippen LogP contribution in [0.5, 0.6) is 5.75 Å².